The number of pyridine rings is 1. The predicted octanol–water partition coefficient (Wildman–Crippen LogP) is 2.08. The van der Waals surface area contributed by atoms with Gasteiger partial charge in [-0.25, -0.2) is 0 Å². The number of hydrogen-bond acceptors (Lipinski definition) is 5. The second-order valence-corrected chi connectivity index (χ2v) is 8.14. The van der Waals surface area contributed by atoms with Crippen molar-refractivity contribution in [3.63, 3.8) is 0 Å². The van der Waals surface area contributed by atoms with Gasteiger partial charge in [0.05, 0.1) is 12.5 Å². The molecule has 1 aromatic heterocycles. The fourth-order valence-electron chi connectivity index (χ4n) is 4.57. The average Bonchev–Trinajstić information content (AvgIpc) is 2.78. The normalized spacial score (nSPS) is 17.7. The van der Waals surface area contributed by atoms with E-state index in [4.69, 9.17) is 4.74 Å². The van der Waals surface area contributed by atoms with Crippen LogP contribution in [0, 0.1) is 5.92 Å². The zero-order valence-electron chi connectivity index (χ0n) is 17.5. The molecule has 160 valence electrons. The van der Waals surface area contributed by atoms with Gasteiger partial charge in [-0.15, -0.1) is 0 Å². The van der Waals surface area contributed by atoms with Gasteiger partial charge >= 0.3 is 5.97 Å². The maximum atomic E-state index is 12.9. The summed E-state index contributed by atoms with van der Waals surface area (Å²) in [5.74, 6) is 0.0415. The van der Waals surface area contributed by atoms with E-state index < -0.39 is 0 Å². The van der Waals surface area contributed by atoms with Gasteiger partial charge in [0.1, 0.15) is 0 Å². The maximum Gasteiger partial charge on any atom is 0.309 e. The van der Waals surface area contributed by atoms with Gasteiger partial charge < -0.3 is 19.5 Å². The van der Waals surface area contributed by atoms with Crippen LogP contribution in [0.15, 0.2) is 29.1 Å². The number of nitrogens with one attached hydrogen (secondary N) is 1. The van der Waals surface area contributed by atoms with Crippen molar-refractivity contribution in [3.8, 4) is 0 Å². The second kappa shape index (κ2) is 9.00. The molecule has 4 rings (SSSR count). The fraction of sp³-hybridized carbons (Fsp3) is 0.522. The van der Waals surface area contributed by atoms with Crippen LogP contribution < -0.4 is 5.56 Å². The van der Waals surface area contributed by atoms with Crippen molar-refractivity contribution in [2.45, 2.75) is 39.2 Å². The van der Waals surface area contributed by atoms with Crippen molar-refractivity contribution in [3.05, 3.63) is 45.9 Å². The van der Waals surface area contributed by atoms with E-state index in [1.165, 1.54) is 0 Å². The number of hydrogen-bond donors (Lipinski definition) is 1. The number of aromatic amines is 1. The van der Waals surface area contributed by atoms with Crippen LogP contribution in [0.2, 0.25) is 0 Å². The number of carbonyl (C=O) groups excluding carboxylic acids is 2. The smallest absolute Gasteiger partial charge is 0.309 e. The molecule has 1 aromatic carbocycles. The molecule has 7 nitrogen and oxygen atoms in total. The van der Waals surface area contributed by atoms with E-state index in [1.807, 2.05) is 36.1 Å². The van der Waals surface area contributed by atoms with Crippen LogP contribution >= 0.6 is 0 Å². The molecule has 3 heterocycles. The topological polar surface area (TPSA) is 82.7 Å². The lowest BCUT2D eigenvalue weighted by Gasteiger charge is -2.32. The lowest BCUT2D eigenvalue weighted by Crippen LogP contribution is -2.41. The van der Waals surface area contributed by atoms with E-state index in [2.05, 4.69) is 9.88 Å². The van der Waals surface area contributed by atoms with Gasteiger partial charge in [-0.05, 0) is 49.9 Å². The summed E-state index contributed by atoms with van der Waals surface area (Å²) in [7, 11) is 0. The van der Waals surface area contributed by atoms with E-state index in [0.717, 1.165) is 42.6 Å². The zero-order valence-corrected chi connectivity index (χ0v) is 17.5. The molecule has 2 aliphatic rings. The molecule has 0 atom stereocenters. The lowest BCUT2D eigenvalue weighted by atomic mass is 9.97. The Bertz CT molecular complexity index is 992. The van der Waals surface area contributed by atoms with Gasteiger partial charge in [-0.3, -0.25) is 14.4 Å². The molecule has 30 heavy (non-hydrogen) atoms. The summed E-state index contributed by atoms with van der Waals surface area (Å²) in [6.07, 6.45) is 2.74. The maximum absolute atomic E-state index is 12.9. The Balaban J connectivity index is 1.34. The van der Waals surface area contributed by atoms with Crippen LogP contribution in [0.1, 0.15) is 37.4 Å². The zero-order chi connectivity index (χ0) is 21.1. The Morgan fingerprint density at radius 1 is 1.13 bits per heavy atom. The molecular formula is C23H29N3O4. The van der Waals surface area contributed by atoms with E-state index in [-0.39, 0.29) is 23.4 Å². The minimum Gasteiger partial charge on any atom is -0.466 e. The molecule has 1 N–H and O–H groups in total. The third-order valence-corrected chi connectivity index (χ3v) is 6.31. The molecule has 1 fully saturated rings. The molecule has 1 amide bonds. The summed E-state index contributed by atoms with van der Waals surface area (Å²) >= 11 is 0. The van der Waals surface area contributed by atoms with Gasteiger partial charge in [0.15, 0.2) is 0 Å². The molecule has 0 unspecified atom stereocenters. The highest BCUT2D eigenvalue weighted by Gasteiger charge is 2.27. The van der Waals surface area contributed by atoms with Crippen molar-refractivity contribution < 1.29 is 14.3 Å². The van der Waals surface area contributed by atoms with Crippen LogP contribution in [0.5, 0.6) is 0 Å². The highest BCUT2D eigenvalue weighted by molar-refractivity contribution is 5.86. The monoisotopic (exact) mass is 411 g/mol. The van der Waals surface area contributed by atoms with Gasteiger partial charge in [0.25, 0.3) is 5.56 Å². The highest BCUT2D eigenvalue weighted by Crippen LogP contribution is 2.25. The quantitative estimate of drug-likeness (QED) is 0.762. The Morgan fingerprint density at radius 2 is 1.87 bits per heavy atom. The van der Waals surface area contributed by atoms with Gasteiger partial charge in [0, 0.05) is 43.6 Å². The molecule has 2 aliphatic heterocycles. The fourth-order valence-corrected chi connectivity index (χ4v) is 4.57. The number of piperidine rings is 1. The largest absolute Gasteiger partial charge is 0.466 e. The van der Waals surface area contributed by atoms with Crippen LogP contribution in [-0.4, -0.2) is 59.4 Å². The molecular weight excluding hydrogens is 382 g/mol. The molecule has 7 heteroatoms. The SMILES string of the molecule is CCOC(=O)C1CCN(CCC(=O)N2CCc3[nH]c(=O)c4ccccc4c3C2)CC1. The lowest BCUT2D eigenvalue weighted by molar-refractivity contribution is -0.149. The number of likely N-dealkylation sites (tertiary alicyclic amines) is 1. The Kier molecular flexibility index (Phi) is 6.18. The Hall–Kier alpha value is -2.67. The van der Waals surface area contributed by atoms with E-state index in [9.17, 15) is 14.4 Å². The minimum absolute atomic E-state index is 0.00839. The van der Waals surface area contributed by atoms with Gasteiger partial charge in [0.2, 0.25) is 5.91 Å². The standard InChI is InChI=1S/C23H29N3O4/c1-2-30-23(29)16-7-11-25(12-8-16)13-10-21(27)26-14-9-20-19(15-26)17-5-3-4-6-18(17)22(28)24-20/h3-6,16H,2,7-15H2,1H3,(H,24,28). The molecule has 0 bridgehead atoms. The molecule has 0 aliphatic carbocycles. The molecule has 0 radical (unpaired) electrons. The molecule has 2 aromatic rings. The van der Waals surface area contributed by atoms with Crippen LogP contribution in [0.3, 0.4) is 0 Å². The van der Waals surface area contributed by atoms with Crippen molar-refractivity contribution in [1.29, 1.82) is 0 Å². The summed E-state index contributed by atoms with van der Waals surface area (Å²) in [6.45, 7) is 5.79. The van der Waals surface area contributed by atoms with Crippen molar-refractivity contribution in [2.75, 3.05) is 32.8 Å². The van der Waals surface area contributed by atoms with Crippen LogP contribution in [0.25, 0.3) is 10.8 Å². The third-order valence-electron chi connectivity index (χ3n) is 6.31. The van der Waals surface area contributed by atoms with E-state index in [1.54, 1.807) is 0 Å². The van der Waals surface area contributed by atoms with Crippen molar-refractivity contribution >= 4 is 22.6 Å². The van der Waals surface area contributed by atoms with Gasteiger partial charge in [-0.2, -0.15) is 0 Å². The molecule has 0 spiro atoms. The summed E-state index contributed by atoms with van der Waals surface area (Å²) in [5, 5.41) is 1.62. The summed E-state index contributed by atoms with van der Waals surface area (Å²) in [6, 6.07) is 7.59. The third kappa shape index (κ3) is 4.26. The number of amides is 1. The Morgan fingerprint density at radius 3 is 2.60 bits per heavy atom. The first-order valence-corrected chi connectivity index (χ1v) is 10.9. The number of aromatic nitrogens is 1. The summed E-state index contributed by atoms with van der Waals surface area (Å²) < 4.78 is 5.12. The number of carbonyl (C=O) groups is 2. The first-order valence-electron chi connectivity index (χ1n) is 10.9. The first kappa shape index (κ1) is 20.6. The number of H-pyrrole nitrogens is 1. The number of fused-ring (bicyclic) bond motifs is 3. The second-order valence-electron chi connectivity index (χ2n) is 8.14. The Labute approximate surface area is 176 Å². The van der Waals surface area contributed by atoms with E-state index >= 15 is 0 Å². The number of rotatable bonds is 5. The number of esters is 1. The van der Waals surface area contributed by atoms with Crippen LogP contribution in [0.4, 0.5) is 0 Å². The van der Waals surface area contributed by atoms with Crippen molar-refractivity contribution in [1.82, 2.24) is 14.8 Å². The minimum atomic E-state index is -0.0922. The summed E-state index contributed by atoms with van der Waals surface area (Å²) in [4.78, 5) is 44.2. The highest BCUT2D eigenvalue weighted by atomic mass is 16.5. The first-order chi connectivity index (χ1) is 14.6. The number of ether oxygens (including phenoxy) is 1. The van der Waals surface area contributed by atoms with Crippen molar-refractivity contribution in [2.24, 2.45) is 5.92 Å². The average molecular weight is 412 g/mol. The number of nitrogens with zero attached hydrogens (tertiary/aromatic N) is 2. The van der Waals surface area contributed by atoms with E-state index in [0.29, 0.717) is 44.5 Å². The summed E-state index contributed by atoms with van der Waals surface area (Å²) in [5.41, 5.74) is 1.94. The predicted molar refractivity (Wildman–Crippen MR) is 114 cm³/mol. The van der Waals surface area contributed by atoms with Gasteiger partial charge in [-0.1, -0.05) is 18.2 Å². The molecule has 1 saturated heterocycles. The number of benzene rings is 1. The van der Waals surface area contributed by atoms with Crippen LogP contribution in [-0.2, 0) is 27.3 Å². The molecule has 0 saturated carbocycles.